The Balaban J connectivity index is 1.84. The summed E-state index contributed by atoms with van der Waals surface area (Å²) in [5, 5.41) is 0. The average Bonchev–Trinajstić information content (AvgIpc) is 3.32. The Bertz CT molecular complexity index is 685. The summed E-state index contributed by atoms with van der Waals surface area (Å²) in [7, 11) is 0. The van der Waals surface area contributed by atoms with Crippen LogP contribution in [0.15, 0.2) is 27.1 Å². The van der Waals surface area contributed by atoms with Gasteiger partial charge in [-0.15, -0.1) is 0 Å². The van der Waals surface area contributed by atoms with Crippen LogP contribution in [0.25, 0.3) is 11.3 Å². The first kappa shape index (κ1) is 12.9. The van der Waals surface area contributed by atoms with Crippen molar-refractivity contribution in [3.8, 4) is 11.3 Å². The number of benzene rings is 1. The van der Waals surface area contributed by atoms with Gasteiger partial charge in [0.1, 0.15) is 17.3 Å². The number of halogens is 2. The van der Waals surface area contributed by atoms with Crippen LogP contribution in [-0.2, 0) is 0 Å². The SMILES string of the molecule is Nc1c(-c2ccc(Br)c(Br)c2)nc(C2CC2)n1C1CC1. The number of nitrogens with two attached hydrogens (primary N) is 1. The summed E-state index contributed by atoms with van der Waals surface area (Å²) in [4.78, 5) is 4.88. The molecule has 2 aliphatic carbocycles. The number of nitrogen functional groups attached to an aromatic ring is 1. The molecule has 2 saturated carbocycles. The zero-order chi connectivity index (χ0) is 13.9. The van der Waals surface area contributed by atoms with Gasteiger partial charge in [0, 0.05) is 26.5 Å². The number of hydrogen-bond donors (Lipinski definition) is 1. The van der Waals surface area contributed by atoms with Crippen molar-refractivity contribution in [2.24, 2.45) is 0 Å². The lowest BCUT2D eigenvalue weighted by atomic mass is 10.1. The smallest absolute Gasteiger partial charge is 0.132 e. The minimum absolute atomic E-state index is 0.589. The maximum absolute atomic E-state index is 6.40. The quantitative estimate of drug-likeness (QED) is 0.804. The first-order valence-electron chi connectivity index (χ1n) is 6.98. The summed E-state index contributed by atoms with van der Waals surface area (Å²) in [6, 6.07) is 6.77. The highest BCUT2D eigenvalue weighted by Gasteiger charge is 2.36. The Morgan fingerprint density at radius 1 is 1.10 bits per heavy atom. The van der Waals surface area contributed by atoms with Crippen LogP contribution in [0.4, 0.5) is 5.82 Å². The van der Waals surface area contributed by atoms with Gasteiger partial charge in [0.2, 0.25) is 0 Å². The Morgan fingerprint density at radius 2 is 1.85 bits per heavy atom. The molecule has 4 rings (SSSR count). The van der Waals surface area contributed by atoms with Gasteiger partial charge in [0.05, 0.1) is 0 Å². The second-order valence-corrected chi connectivity index (χ2v) is 7.42. The summed E-state index contributed by atoms with van der Waals surface area (Å²) < 4.78 is 4.37. The first-order chi connectivity index (χ1) is 9.65. The van der Waals surface area contributed by atoms with Crippen LogP contribution in [-0.4, -0.2) is 9.55 Å². The van der Waals surface area contributed by atoms with E-state index in [1.165, 1.54) is 31.5 Å². The van der Waals surface area contributed by atoms with Crippen LogP contribution >= 0.6 is 31.9 Å². The van der Waals surface area contributed by atoms with Gasteiger partial charge in [-0.2, -0.15) is 0 Å². The van der Waals surface area contributed by atoms with Crippen molar-refractivity contribution < 1.29 is 0 Å². The molecule has 0 unspecified atom stereocenters. The number of anilines is 1. The van der Waals surface area contributed by atoms with Gasteiger partial charge in [0.25, 0.3) is 0 Å². The molecule has 3 nitrogen and oxygen atoms in total. The molecule has 0 aliphatic heterocycles. The van der Waals surface area contributed by atoms with Gasteiger partial charge in [0.15, 0.2) is 0 Å². The third kappa shape index (κ3) is 2.11. The molecule has 0 radical (unpaired) electrons. The summed E-state index contributed by atoms with van der Waals surface area (Å²) in [5.74, 6) is 2.67. The van der Waals surface area contributed by atoms with Crippen molar-refractivity contribution in [2.45, 2.75) is 37.6 Å². The van der Waals surface area contributed by atoms with Gasteiger partial charge < -0.3 is 10.3 Å². The number of nitrogens with zero attached hydrogens (tertiary/aromatic N) is 2. The standard InChI is InChI=1S/C15H15Br2N3/c16-11-6-3-9(7-12(11)17)13-14(18)20(10-4-5-10)15(19-13)8-1-2-8/h3,6-8,10H,1-2,4-5,18H2. The molecule has 2 aliphatic rings. The molecule has 0 bridgehead atoms. The third-order valence-electron chi connectivity index (χ3n) is 4.02. The maximum atomic E-state index is 6.40. The molecule has 2 aromatic rings. The lowest BCUT2D eigenvalue weighted by Gasteiger charge is -2.07. The van der Waals surface area contributed by atoms with Gasteiger partial charge >= 0.3 is 0 Å². The largest absolute Gasteiger partial charge is 0.383 e. The van der Waals surface area contributed by atoms with E-state index in [1.54, 1.807) is 0 Å². The fraction of sp³-hybridized carbons (Fsp3) is 0.400. The van der Waals surface area contributed by atoms with Crippen LogP contribution in [0.5, 0.6) is 0 Å². The van der Waals surface area contributed by atoms with Crippen LogP contribution in [0.2, 0.25) is 0 Å². The Labute approximate surface area is 134 Å². The minimum Gasteiger partial charge on any atom is -0.383 e. The van der Waals surface area contributed by atoms with E-state index in [1.807, 2.05) is 6.07 Å². The molecule has 2 N–H and O–H groups in total. The van der Waals surface area contributed by atoms with E-state index in [4.69, 9.17) is 10.7 Å². The zero-order valence-corrected chi connectivity index (χ0v) is 14.1. The van der Waals surface area contributed by atoms with E-state index < -0.39 is 0 Å². The Kier molecular flexibility index (Phi) is 2.96. The normalized spacial score (nSPS) is 18.5. The van der Waals surface area contributed by atoms with Crippen molar-refractivity contribution in [3.05, 3.63) is 33.0 Å². The van der Waals surface area contributed by atoms with Gasteiger partial charge in [-0.1, -0.05) is 6.07 Å². The molecule has 1 aromatic carbocycles. The van der Waals surface area contributed by atoms with E-state index in [-0.39, 0.29) is 0 Å². The second-order valence-electron chi connectivity index (χ2n) is 5.71. The lowest BCUT2D eigenvalue weighted by molar-refractivity contribution is 0.691. The summed E-state index contributed by atoms with van der Waals surface area (Å²) >= 11 is 7.06. The molecule has 1 aromatic heterocycles. The molecule has 1 heterocycles. The molecule has 0 atom stereocenters. The van der Waals surface area contributed by atoms with E-state index in [9.17, 15) is 0 Å². The molecule has 5 heteroatoms. The van der Waals surface area contributed by atoms with Crippen molar-refractivity contribution in [1.29, 1.82) is 0 Å². The van der Waals surface area contributed by atoms with Crippen LogP contribution in [0, 0.1) is 0 Å². The highest BCUT2D eigenvalue weighted by atomic mass is 79.9. The molecule has 0 saturated heterocycles. The van der Waals surface area contributed by atoms with Crippen molar-refractivity contribution in [1.82, 2.24) is 9.55 Å². The lowest BCUT2D eigenvalue weighted by Crippen LogP contribution is -2.04. The highest BCUT2D eigenvalue weighted by Crippen LogP contribution is 2.48. The number of hydrogen-bond acceptors (Lipinski definition) is 2. The molecule has 0 amide bonds. The average molecular weight is 397 g/mol. The molecule has 104 valence electrons. The van der Waals surface area contributed by atoms with Crippen molar-refractivity contribution >= 4 is 37.7 Å². The summed E-state index contributed by atoms with van der Waals surface area (Å²) in [5.41, 5.74) is 8.42. The van der Waals surface area contributed by atoms with Crippen molar-refractivity contribution in [3.63, 3.8) is 0 Å². The molecule has 0 spiro atoms. The third-order valence-corrected chi connectivity index (χ3v) is 5.90. The van der Waals surface area contributed by atoms with Gasteiger partial charge in [-0.25, -0.2) is 4.98 Å². The van der Waals surface area contributed by atoms with E-state index >= 15 is 0 Å². The highest BCUT2D eigenvalue weighted by molar-refractivity contribution is 9.13. The minimum atomic E-state index is 0.589. The predicted molar refractivity (Wildman–Crippen MR) is 87.7 cm³/mol. The maximum Gasteiger partial charge on any atom is 0.132 e. The number of rotatable bonds is 3. The monoisotopic (exact) mass is 395 g/mol. The molecule has 20 heavy (non-hydrogen) atoms. The van der Waals surface area contributed by atoms with Crippen molar-refractivity contribution in [2.75, 3.05) is 5.73 Å². The fourth-order valence-electron chi connectivity index (χ4n) is 2.67. The molecular weight excluding hydrogens is 382 g/mol. The van der Waals surface area contributed by atoms with Gasteiger partial charge in [-0.3, -0.25) is 0 Å². The second kappa shape index (κ2) is 4.60. The topological polar surface area (TPSA) is 43.8 Å². The van der Waals surface area contributed by atoms with Crippen LogP contribution in [0.3, 0.4) is 0 Å². The number of aromatic nitrogens is 2. The Morgan fingerprint density at radius 3 is 2.45 bits per heavy atom. The molecule has 2 fully saturated rings. The summed E-state index contributed by atoms with van der Waals surface area (Å²) in [6.07, 6.45) is 4.99. The summed E-state index contributed by atoms with van der Waals surface area (Å²) in [6.45, 7) is 0. The predicted octanol–water partition coefficient (Wildman–Crippen LogP) is 4.87. The van der Waals surface area contributed by atoms with Gasteiger partial charge in [-0.05, 0) is 69.7 Å². The van der Waals surface area contributed by atoms with E-state index in [0.717, 1.165) is 26.0 Å². The van der Waals surface area contributed by atoms with Crippen LogP contribution in [0.1, 0.15) is 43.5 Å². The van der Waals surface area contributed by atoms with E-state index in [0.29, 0.717) is 12.0 Å². The number of imidazole rings is 1. The van der Waals surface area contributed by atoms with E-state index in [2.05, 4.69) is 48.6 Å². The zero-order valence-electron chi connectivity index (χ0n) is 10.9. The molecular formula is C15H15Br2N3. The van der Waals surface area contributed by atoms with Crippen LogP contribution < -0.4 is 5.73 Å². The Hall–Kier alpha value is -0.810. The fourth-order valence-corrected chi connectivity index (χ4v) is 3.29. The first-order valence-corrected chi connectivity index (χ1v) is 8.56.